The van der Waals surface area contributed by atoms with Gasteiger partial charge in [-0.1, -0.05) is 20.8 Å². The molecule has 0 aliphatic rings. The van der Waals surface area contributed by atoms with Crippen molar-refractivity contribution >= 4 is 11.6 Å². The molecule has 1 heterocycles. The minimum absolute atomic E-state index is 0.188. The summed E-state index contributed by atoms with van der Waals surface area (Å²) in [5, 5.41) is 15.3. The topological polar surface area (TPSA) is 70.1 Å². The van der Waals surface area contributed by atoms with Crippen LogP contribution in [-0.4, -0.2) is 34.8 Å². The first-order valence-electron chi connectivity index (χ1n) is 6.85. The summed E-state index contributed by atoms with van der Waals surface area (Å²) in [5.74, 6) is 2.40. The van der Waals surface area contributed by atoms with Crippen molar-refractivity contribution in [3.8, 4) is 0 Å². The highest BCUT2D eigenvalue weighted by Crippen LogP contribution is 2.18. The van der Waals surface area contributed by atoms with E-state index in [-0.39, 0.29) is 6.61 Å². The molecule has 0 fully saturated rings. The molecule has 0 aliphatic heterocycles. The van der Waals surface area contributed by atoms with Crippen LogP contribution in [0.25, 0.3) is 0 Å². The lowest BCUT2D eigenvalue weighted by Crippen LogP contribution is -2.14. The first-order chi connectivity index (χ1) is 8.90. The third-order valence-corrected chi connectivity index (χ3v) is 2.66. The van der Waals surface area contributed by atoms with Gasteiger partial charge in [-0.25, -0.2) is 9.97 Å². The number of hydrogen-bond acceptors (Lipinski definition) is 5. The quantitative estimate of drug-likeness (QED) is 0.661. The second-order valence-electron chi connectivity index (χ2n) is 5.93. The van der Waals surface area contributed by atoms with Crippen molar-refractivity contribution in [2.24, 2.45) is 5.41 Å². The summed E-state index contributed by atoms with van der Waals surface area (Å²) in [4.78, 5) is 8.69. The second-order valence-corrected chi connectivity index (χ2v) is 5.93. The van der Waals surface area contributed by atoms with Crippen molar-refractivity contribution in [1.82, 2.24) is 9.97 Å². The number of aryl methyl sites for hydroxylation is 1. The lowest BCUT2D eigenvalue weighted by Gasteiger charge is -2.18. The molecule has 108 valence electrons. The Balaban J connectivity index is 2.53. The maximum absolute atomic E-state index is 8.76. The van der Waals surface area contributed by atoms with Gasteiger partial charge in [0, 0.05) is 25.8 Å². The van der Waals surface area contributed by atoms with Crippen molar-refractivity contribution < 1.29 is 5.11 Å². The Morgan fingerprint density at radius 1 is 1.11 bits per heavy atom. The molecule has 0 saturated carbocycles. The van der Waals surface area contributed by atoms with Gasteiger partial charge in [-0.2, -0.15) is 0 Å². The highest BCUT2D eigenvalue weighted by atomic mass is 16.3. The van der Waals surface area contributed by atoms with Crippen molar-refractivity contribution in [3.63, 3.8) is 0 Å². The van der Waals surface area contributed by atoms with E-state index in [1.54, 1.807) is 0 Å². The van der Waals surface area contributed by atoms with Gasteiger partial charge >= 0.3 is 0 Å². The van der Waals surface area contributed by atoms with Crippen LogP contribution in [0.3, 0.4) is 0 Å². The number of hydrogen-bond donors (Lipinski definition) is 3. The van der Waals surface area contributed by atoms with Crippen LogP contribution >= 0.6 is 0 Å². The molecule has 3 N–H and O–H groups in total. The van der Waals surface area contributed by atoms with Gasteiger partial charge in [0.1, 0.15) is 17.5 Å². The minimum atomic E-state index is 0.188. The molecule has 0 aliphatic carbocycles. The van der Waals surface area contributed by atoms with Gasteiger partial charge in [0.2, 0.25) is 0 Å². The fourth-order valence-electron chi connectivity index (χ4n) is 1.61. The Bertz CT molecular complexity index is 388. The largest absolute Gasteiger partial charge is 0.396 e. The van der Waals surface area contributed by atoms with Crippen LogP contribution in [0.5, 0.6) is 0 Å². The maximum Gasteiger partial charge on any atom is 0.131 e. The number of nitrogens with zero attached hydrogens (tertiary/aromatic N) is 2. The Labute approximate surface area is 115 Å². The van der Waals surface area contributed by atoms with Crippen LogP contribution in [0.1, 0.15) is 39.4 Å². The third-order valence-electron chi connectivity index (χ3n) is 2.66. The highest BCUT2D eigenvalue weighted by molar-refractivity contribution is 5.47. The molecule has 0 bridgehead atoms. The van der Waals surface area contributed by atoms with Crippen molar-refractivity contribution in [2.45, 2.75) is 40.5 Å². The summed E-state index contributed by atoms with van der Waals surface area (Å²) < 4.78 is 0. The molecule has 0 atom stereocenters. The summed E-state index contributed by atoms with van der Waals surface area (Å²) in [5.41, 5.74) is 0.317. The standard InChI is InChI=1S/C14H26N4O/c1-11-17-12(15-7-5-9-19)10-13(18-11)16-8-6-14(2,3)4/h10,19H,5-9H2,1-4H3,(H2,15,16,17,18). The second kappa shape index (κ2) is 7.28. The molecule has 1 aromatic heterocycles. The van der Waals surface area contributed by atoms with Crippen LogP contribution < -0.4 is 10.6 Å². The fraction of sp³-hybridized carbons (Fsp3) is 0.714. The van der Waals surface area contributed by atoms with E-state index in [4.69, 9.17) is 5.11 Å². The number of aromatic nitrogens is 2. The van der Waals surface area contributed by atoms with E-state index in [2.05, 4.69) is 41.4 Å². The predicted molar refractivity (Wildman–Crippen MR) is 79.5 cm³/mol. The third kappa shape index (κ3) is 6.96. The van der Waals surface area contributed by atoms with Crippen LogP contribution in [0.4, 0.5) is 11.6 Å². The van der Waals surface area contributed by atoms with Gasteiger partial charge in [0.15, 0.2) is 0 Å². The first kappa shape index (κ1) is 15.7. The highest BCUT2D eigenvalue weighted by Gasteiger charge is 2.09. The zero-order valence-corrected chi connectivity index (χ0v) is 12.5. The Hall–Kier alpha value is -1.36. The van der Waals surface area contributed by atoms with E-state index in [9.17, 15) is 0 Å². The Morgan fingerprint density at radius 3 is 2.21 bits per heavy atom. The Morgan fingerprint density at radius 2 is 1.68 bits per heavy atom. The normalized spacial score (nSPS) is 11.4. The zero-order valence-electron chi connectivity index (χ0n) is 12.5. The van der Waals surface area contributed by atoms with Gasteiger partial charge in [0.25, 0.3) is 0 Å². The average molecular weight is 266 g/mol. The predicted octanol–water partition coefficient (Wildman–Crippen LogP) is 2.43. The molecule has 0 aromatic carbocycles. The number of rotatable bonds is 7. The molecule has 0 saturated heterocycles. The van der Waals surface area contributed by atoms with Crippen molar-refractivity contribution in [2.75, 3.05) is 30.3 Å². The van der Waals surface area contributed by atoms with Gasteiger partial charge in [-0.05, 0) is 25.2 Å². The molecule has 1 aromatic rings. The summed E-state index contributed by atoms with van der Waals surface area (Å²) in [6, 6.07) is 1.91. The van der Waals surface area contributed by atoms with Crippen LogP contribution in [-0.2, 0) is 0 Å². The average Bonchev–Trinajstić information content (AvgIpc) is 2.27. The summed E-state index contributed by atoms with van der Waals surface area (Å²) in [7, 11) is 0. The number of aliphatic hydroxyl groups excluding tert-OH is 1. The van der Waals surface area contributed by atoms with Crippen molar-refractivity contribution in [1.29, 1.82) is 0 Å². The Kier molecular flexibility index (Phi) is 6.02. The maximum atomic E-state index is 8.76. The molecular weight excluding hydrogens is 240 g/mol. The summed E-state index contributed by atoms with van der Waals surface area (Å²) in [6.45, 7) is 10.4. The lowest BCUT2D eigenvalue weighted by atomic mass is 9.92. The van der Waals surface area contributed by atoms with Gasteiger partial charge in [0.05, 0.1) is 0 Å². The van der Waals surface area contributed by atoms with E-state index in [0.29, 0.717) is 12.0 Å². The zero-order chi connectivity index (χ0) is 14.3. The molecule has 1 rings (SSSR count). The number of nitrogens with one attached hydrogen (secondary N) is 2. The molecule has 0 amide bonds. The van der Waals surface area contributed by atoms with E-state index in [1.807, 2.05) is 13.0 Å². The van der Waals surface area contributed by atoms with Crippen LogP contribution in [0.15, 0.2) is 6.07 Å². The monoisotopic (exact) mass is 266 g/mol. The van der Waals surface area contributed by atoms with Gasteiger partial charge in [-0.15, -0.1) is 0 Å². The van der Waals surface area contributed by atoms with Crippen LogP contribution in [0, 0.1) is 12.3 Å². The number of anilines is 2. The van der Waals surface area contributed by atoms with E-state index in [0.717, 1.165) is 36.8 Å². The van der Waals surface area contributed by atoms with Crippen molar-refractivity contribution in [3.05, 3.63) is 11.9 Å². The minimum Gasteiger partial charge on any atom is -0.396 e. The van der Waals surface area contributed by atoms with Gasteiger partial charge < -0.3 is 15.7 Å². The van der Waals surface area contributed by atoms with Gasteiger partial charge in [-0.3, -0.25) is 0 Å². The lowest BCUT2D eigenvalue weighted by molar-refractivity contribution is 0.292. The molecule has 5 heteroatoms. The molecule has 0 spiro atoms. The smallest absolute Gasteiger partial charge is 0.131 e. The molecule has 0 unspecified atom stereocenters. The summed E-state index contributed by atoms with van der Waals surface area (Å²) in [6.07, 6.45) is 1.80. The number of aliphatic hydroxyl groups is 1. The molecule has 5 nitrogen and oxygen atoms in total. The van der Waals surface area contributed by atoms with E-state index < -0.39 is 0 Å². The van der Waals surface area contributed by atoms with E-state index in [1.165, 1.54) is 0 Å². The fourth-order valence-corrected chi connectivity index (χ4v) is 1.61. The first-order valence-corrected chi connectivity index (χ1v) is 6.85. The molecule has 19 heavy (non-hydrogen) atoms. The molecule has 0 radical (unpaired) electrons. The SMILES string of the molecule is Cc1nc(NCCCO)cc(NCCC(C)(C)C)n1. The summed E-state index contributed by atoms with van der Waals surface area (Å²) >= 11 is 0. The van der Waals surface area contributed by atoms with Crippen LogP contribution in [0.2, 0.25) is 0 Å². The van der Waals surface area contributed by atoms with E-state index >= 15 is 0 Å². The molecular formula is C14H26N4O.